The molecule has 0 atom stereocenters. The molecule has 0 unspecified atom stereocenters. The molecule has 0 aliphatic rings. The fourth-order valence-electron chi connectivity index (χ4n) is 2.03. The number of halogens is 1. The van der Waals surface area contributed by atoms with Crippen LogP contribution in [0.2, 0.25) is 0 Å². The van der Waals surface area contributed by atoms with Crippen molar-refractivity contribution in [2.45, 2.75) is 33.2 Å². The van der Waals surface area contributed by atoms with Gasteiger partial charge in [0.15, 0.2) is 0 Å². The maximum atomic E-state index is 13.0. The second kappa shape index (κ2) is 7.09. The van der Waals surface area contributed by atoms with E-state index in [-0.39, 0.29) is 29.7 Å². The molecular weight excluding hydrogens is 329 g/mol. The molecule has 0 saturated carbocycles. The lowest BCUT2D eigenvalue weighted by Gasteiger charge is -2.20. The summed E-state index contributed by atoms with van der Waals surface area (Å²) in [6, 6.07) is 5.93. The first-order valence-electron chi connectivity index (χ1n) is 7.48. The molecule has 128 valence electrons. The van der Waals surface area contributed by atoms with Crippen molar-refractivity contribution in [3.05, 3.63) is 40.7 Å². The van der Waals surface area contributed by atoms with E-state index in [4.69, 9.17) is 0 Å². The molecule has 0 fully saturated rings. The number of rotatable bonds is 4. The lowest BCUT2D eigenvalue weighted by molar-refractivity contribution is -0.121. The smallest absolute Gasteiger partial charge is 0.263 e. The molecule has 2 N–H and O–H groups in total. The highest BCUT2D eigenvalue weighted by atomic mass is 32.1. The van der Waals surface area contributed by atoms with Crippen LogP contribution in [-0.4, -0.2) is 28.9 Å². The number of aromatic nitrogens is 1. The van der Waals surface area contributed by atoms with Gasteiger partial charge in [-0.3, -0.25) is 9.59 Å². The zero-order chi connectivity index (χ0) is 17.9. The first-order chi connectivity index (χ1) is 11.2. The Hall–Kier alpha value is -2.28. The average molecular weight is 349 g/mol. The molecule has 1 aromatic heterocycles. The lowest BCUT2D eigenvalue weighted by atomic mass is 10.1. The molecule has 0 aliphatic carbocycles. The monoisotopic (exact) mass is 349 g/mol. The molecule has 0 radical (unpaired) electrons. The van der Waals surface area contributed by atoms with Crippen molar-refractivity contribution in [1.29, 1.82) is 0 Å². The van der Waals surface area contributed by atoms with Gasteiger partial charge in [0.1, 0.15) is 15.7 Å². The molecule has 2 rings (SSSR count). The second-order valence-electron chi connectivity index (χ2n) is 6.42. The van der Waals surface area contributed by atoms with E-state index in [9.17, 15) is 14.0 Å². The third kappa shape index (κ3) is 4.86. The number of carbonyl (C=O) groups is 2. The number of hydrogen-bond acceptors (Lipinski definition) is 4. The number of carbonyl (C=O) groups excluding carboxylic acids is 2. The van der Waals surface area contributed by atoms with Gasteiger partial charge in [-0.15, -0.1) is 11.3 Å². The highest BCUT2D eigenvalue weighted by Gasteiger charge is 2.18. The van der Waals surface area contributed by atoms with Crippen LogP contribution in [0.4, 0.5) is 4.39 Å². The fourth-order valence-corrected chi connectivity index (χ4v) is 3.01. The summed E-state index contributed by atoms with van der Waals surface area (Å²) in [7, 11) is 0. The van der Waals surface area contributed by atoms with E-state index in [2.05, 4.69) is 15.6 Å². The van der Waals surface area contributed by atoms with Gasteiger partial charge in [0.25, 0.3) is 5.91 Å². The van der Waals surface area contributed by atoms with Crippen molar-refractivity contribution >= 4 is 23.2 Å². The third-order valence-corrected chi connectivity index (χ3v) is 4.22. The fraction of sp³-hybridized carbons (Fsp3) is 0.353. The van der Waals surface area contributed by atoms with Gasteiger partial charge < -0.3 is 10.6 Å². The van der Waals surface area contributed by atoms with Gasteiger partial charge in [0.2, 0.25) is 5.91 Å². The highest BCUT2D eigenvalue weighted by Crippen LogP contribution is 2.27. The topological polar surface area (TPSA) is 71.1 Å². The zero-order valence-electron chi connectivity index (χ0n) is 14.1. The Morgan fingerprint density at radius 3 is 2.42 bits per heavy atom. The van der Waals surface area contributed by atoms with Crippen LogP contribution in [0.1, 0.15) is 36.1 Å². The largest absolute Gasteiger partial charge is 0.350 e. The summed E-state index contributed by atoms with van der Waals surface area (Å²) in [5.74, 6) is -0.922. The number of amides is 2. The predicted molar refractivity (Wildman–Crippen MR) is 92.5 cm³/mol. The predicted octanol–water partition coefficient (Wildman–Crippen LogP) is 2.90. The summed E-state index contributed by atoms with van der Waals surface area (Å²) in [6.07, 6.45) is 0. The average Bonchev–Trinajstić information content (AvgIpc) is 2.86. The normalized spacial score (nSPS) is 11.2. The maximum Gasteiger partial charge on any atom is 0.263 e. The van der Waals surface area contributed by atoms with Crippen molar-refractivity contribution in [2.24, 2.45) is 0 Å². The van der Waals surface area contributed by atoms with E-state index in [0.717, 1.165) is 5.56 Å². The van der Waals surface area contributed by atoms with E-state index < -0.39 is 0 Å². The minimum Gasteiger partial charge on any atom is -0.350 e. The van der Waals surface area contributed by atoms with Crippen LogP contribution in [0.25, 0.3) is 10.6 Å². The highest BCUT2D eigenvalue weighted by molar-refractivity contribution is 7.17. The van der Waals surface area contributed by atoms with Crippen LogP contribution in [0, 0.1) is 12.7 Å². The molecule has 0 spiro atoms. The summed E-state index contributed by atoms with van der Waals surface area (Å²) in [5.41, 5.74) is 0.972. The number of nitrogens with zero attached hydrogens (tertiary/aromatic N) is 1. The summed E-state index contributed by atoms with van der Waals surface area (Å²) >= 11 is 1.21. The van der Waals surface area contributed by atoms with Gasteiger partial charge in [0.05, 0.1) is 12.2 Å². The summed E-state index contributed by atoms with van der Waals surface area (Å²) < 4.78 is 13.0. The van der Waals surface area contributed by atoms with Crippen molar-refractivity contribution in [3.8, 4) is 10.6 Å². The summed E-state index contributed by atoms with van der Waals surface area (Å²) in [4.78, 5) is 28.8. The van der Waals surface area contributed by atoms with Crippen molar-refractivity contribution in [3.63, 3.8) is 0 Å². The number of thiazole rings is 1. The molecule has 0 aliphatic heterocycles. The first-order valence-corrected chi connectivity index (χ1v) is 8.30. The summed E-state index contributed by atoms with van der Waals surface area (Å²) in [5, 5.41) is 6.01. The molecule has 24 heavy (non-hydrogen) atoms. The zero-order valence-corrected chi connectivity index (χ0v) is 14.9. The lowest BCUT2D eigenvalue weighted by Crippen LogP contribution is -2.45. The molecular formula is C17H20FN3O2S. The number of benzene rings is 1. The quantitative estimate of drug-likeness (QED) is 0.891. The van der Waals surface area contributed by atoms with Crippen LogP contribution in [0.5, 0.6) is 0 Å². The van der Waals surface area contributed by atoms with Crippen molar-refractivity contribution in [1.82, 2.24) is 15.6 Å². The van der Waals surface area contributed by atoms with Crippen LogP contribution in [-0.2, 0) is 4.79 Å². The molecule has 5 nitrogen and oxygen atoms in total. The Bertz CT molecular complexity index is 748. The van der Waals surface area contributed by atoms with Crippen LogP contribution in [0.15, 0.2) is 24.3 Å². The van der Waals surface area contributed by atoms with Gasteiger partial charge in [-0.1, -0.05) is 0 Å². The van der Waals surface area contributed by atoms with Gasteiger partial charge in [0, 0.05) is 11.1 Å². The number of aryl methyl sites for hydroxylation is 1. The molecule has 1 aromatic carbocycles. The standard InChI is InChI=1S/C17H20FN3O2S/c1-10-14(15(23)19-9-13(22)21-17(2,3)4)24-16(20-10)11-5-7-12(18)8-6-11/h5-8H,9H2,1-4H3,(H,19,23)(H,21,22). The van der Waals surface area contributed by atoms with E-state index in [1.165, 1.54) is 23.5 Å². The van der Waals surface area contributed by atoms with E-state index in [1.807, 2.05) is 20.8 Å². The first kappa shape index (κ1) is 18.1. The minimum absolute atomic E-state index is 0.0979. The minimum atomic E-state index is -0.349. The van der Waals surface area contributed by atoms with E-state index >= 15 is 0 Å². The molecule has 0 bridgehead atoms. The molecule has 2 amide bonds. The van der Waals surface area contributed by atoms with Crippen LogP contribution in [0.3, 0.4) is 0 Å². The molecule has 1 heterocycles. The molecule has 0 saturated heterocycles. The van der Waals surface area contributed by atoms with Crippen molar-refractivity contribution < 1.29 is 14.0 Å². The molecule has 2 aromatic rings. The SMILES string of the molecule is Cc1nc(-c2ccc(F)cc2)sc1C(=O)NCC(=O)NC(C)(C)C. The van der Waals surface area contributed by atoms with Gasteiger partial charge in [-0.2, -0.15) is 0 Å². The van der Waals surface area contributed by atoms with E-state index in [1.54, 1.807) is 19.1 Å². The Morgan fingerprint density at radius 2 is 1.83 bits per heavy atom. The summed E-state index contributed by atoms with van der Waals surface area (Å²) in [6.45, 7) is 7.24. The Balaban J connectivity index is 2.05. The van der Waals surface area contributed by atoms with Gasteiger partial charge in [-0.25, -0.2) is 9.37 Å². The Morgan fingerprint density at radius 1 is 1.21 bits per heavy atom. The maximum absolute atomic E-state index is 13.0. The Labute approximate surface area is 144 Å². The Kier molecular flexibility index (Phi) is 5.33. The number of hydrogen-bond donors (Lipinski definition) is 2. The van der Waals surface area contributed by atoms with Crippen molar-refractivity contribution in [2.75, 3.05) is 6.54 Å². The van der Waals surface area contributed by atoms with Gasteiger partial charge >= 0.3 is 0 Å². The number of nitrogens with one attached hydrogen (secondary N) is 2. The second-order valence-corrected chi connectivity index (χ2v) is 7.42. The molecule has 7 heteroatoms. The van der Waals surface area contributed by atoms with Crippen LogP contribution >= 0.6 is 11.3 Å². The third-order valence-electron chi connectivity index (χ3n) is 3.02. The van der Waals surface area contributed by atoms with Gasteiger partial charge in [-0.05, 0) is 52.0 Å². The van der Waals surface area contributed by atoms with E-state index in [0.29, 0.717) is 15.6 Å². The van der Waals surface area contributed by atoms with Crippen LogP contribution < -0.4 is 10.6 Å².